The second-order valence-electron chi connectivity index (χ2n) is 4.64. The number of nitrogens with zero attached hydrogens (tertiary/aromatic N) is 2. The Morgan fingerprint density at radius 3 is 2.57 bits per heavy atom. The molecule has 0 saturated heterocycles. The highest BCUT2D eigenvalue weighted by atomic mass is 32.2. The van der Waals surface area contributed by atoms with Crippen molar-refractivity contribution in [2.45, 2.75) is 36.9 Å². The Morgan fingerprint density at radius 2 is 1.89 bits per heavy atom. The summed E-state index contributed by atoms with van der Waals surface area (Å²) in [6.45, 7) is 8.00. The van der Waals surface area contributed by atoms with Gasteiger partial charge in [0, 0.05) is 16.6 Å². The molecule has 0 atom stereocenters. The molecule has 4 nitrogen and oxygen atoms in total. The Bertz CT molecular complexity index is 867. The van der Waals surface area contributed by atoms with E-state index < -0.39 is 11.7 Å². The smallest absolute Gasteiger partial charge is 0.267 e. The summed E-state index contributed by atoms with van der Waals surface area (Å²) in [5, 5.41) is 4.83. The molecule has 1 N–H and O–H groups in total. The van der Waals surface area contributed by atoms with E-state index >= 15 is 0 Å². The molecule has 148 valence electrons. The standard InChI is InChI=1S/C17H12FN3OS2.2C2H6/c18-13-5-3-4-12(10-13)17(22)21-20-11-14-7-8-16(23-14)24-15-6-1-2-9-19-15;2*1-2/h1-11H,(H,21,22);2*1-2H3/b20-11+;;. The maximum absolute atomic E-state index is 13.1. The van der Waals surface area contributed by atoms with Gasteiger partial charge in [0.25, 0.3) is 5.91 Å². The highest BCUT2D eigenvalue weighted by Gasteiger charge is 2.05. The number of hydrogen-bond acceptors (Lipinski definition) is 5. The third-order valence-electron chi connectivity index (χ3n) is 2.89. The lowest BCUT2D eigenvalue weighted by atomic mass is 10.2. The SMILES string of the molecule is CC.CC.O=C(N/N=C/c1ccc(Sc2ccccn2)s1)c1cccc(F)c1. The first-order chi connectivity index (χ1) is 13.7. The molecule has 0 bridgehead atoms. The molecule has 1 aromatic carbocycles. The number of thiophene rings is 1. The van der Waals surface area contributed by atoms with Crippen LogP contribution in [-0.2, 0) is 0 Å². The molecule has 0 radical (unpaired) electrons. The van der Waals surface area contributed by atoms with Crippen LogP contribution >= 0.6 is 23.1 Å². The molecule has 0 unspecified atom stereocenters. The Kier molecular flexibility index (Phi) is 11.5. The number of halogens is 1. The molecule has 28 heavy (non-hydrogen) atoms. The summed E-state index contributed by atoms with van der Waals surface area (Å²) in [6, 6.07) is 15.1. The van der Waals surface area contributed by atoms with Crippen molar-refractivity contribution in [3.8, 4) is 0 Å². The minimum atomic E-state index is -0.457. The first kappa shape index (κ1) is 23.5. The van der Waals surface area contributed by atoms with E-state index in [4.69, 9.17) is 0 Å². The average Bonchev–Trinajstić information content (AvgIpc) is 3.19. The number of aromatic nitrogens is 1. The minimum absolute atomic E-state index is 0.227. The van der Waals surface area contributed by atoms with Crippen LogP contribution in [0.4, 0.5) is 4.39 Å². The molecule has 2 aromatic heterocycles. The molecule has 7 heteroatoms. The van der Waals surface area contributed by atoms with E-state index in [1.165, 1.54) is 29.5 Å². The maximum Gasteiger partial charge on any atom is 0.271 e. The van der Waals surface area contributed by atoms with E-state index in [0.29, 0.717) is 0 Å². The van der Waals surface area contributed by atoms with Crippen LogP contribution in [0.25, 0.3) is 0 Å². The topological polar surface area (TPSA) is 54.4 Å². The van der Waals surface area contributed by atoms with Crippen LogP contribution in [0.2, 0.25) is 0 Å². The second kappa shape index (κ2) is 13.6. The zero-order valence-electron chi connectivity index (χ0n) is 16.3. The third kappa shape index (κ3) is 8.02. The van der Waals surface area contributed by atoms with Gasteiger partial charge in [-0.3, -0.25) is 4.79 Å². The zero-order chi connectivity index (χ0) is 20.8. The molecule has 2 heterocycles. The van der Waals surface area contributed by atoms with Crippen LogP contribution in [0.15, 0.2) is 75.1 Å². The average molecular weight is 418 g/mol. The minimum Gasteiger partial charge on any atom is -0.267 e. The van der Waals surface area contributed by atoms with Gasteiger partial charge in [-0.15, -0.1) is 11.3 Å². The van der Waals surface area contributed by atoms with E-state index in [0.717, 1.165) is 20.2 Å². The first-order valence-electron chi connectivity index (χ1n) is 8.98. The number of benzene rings is 1. The van der Waals surface area contributed by atoms with Gasteiger partial charge in [0.05, 0.1) is 10.4 Å². The number of amides is 1. The van der Waals surface area contributed by atoms with Crippen LogP contribution in [0.1, 0.15) is 42.9 Å². The lowest BCUT2D eigenvalue weighted by molar-refractivity contribution is 0.0954. The van der Waals surface area contributed by atoms with Crippen molar-refractivity contribution in [2.24, 2.45) is 5.10 Å². The predicted molar refractivity (Wildman–Crippen MR) is 117 cm³/mol. The van der Waals surface area contributed by atoms with Crippen LogP contribution in [0.5, 0.6) is 0 Å². The lowest BCUT2D eigenvalue weighted by Gasteiger charge is -1.99. The van der Waals surface area contributed by atoms with E-state index in [1.807, 2.05) is 58.0 Å². The number of pyridine rings is 1. The number of hydrogen-bond donors (Lipinski definition) is 1. The molecular weight excluding hydrogens is 393 g/mol. The summed E-state index contributed by atoms with van der Waals surface area (Å²) >= 11 is 3.10. The Hall–Kier alpha value is -2.51. The van der Waals surface area contributed by atoms with Crippen molar-refractivity contribution in [1.82, 2.24) is 10.4 Å². The van der Waals surface area contributed by atoms with Gasteiger partial charge in [0.15, 0.2) is 0 Å². The summed E-state index contributed by atoms with van der Waals surface area (Å²) < 4.78 is 14.1. The third-order valence-corrected chi connectivity index (χ3v) is 4.99. The highest BCUT2D eigenvalue weighted by molar-refractivity contribution is 8.01. The summed E-state index contributed by atoms with van der Waals surface area (Å²) in [4.78, 5) is 17.0. The molecular formula is C21H24FN3OS2. The van der Waals surface area contributed by atoms with Gasteiger partial charge in [-0.05, 0) is 42.5 Å². The Morgan fingerprint density at radius 1 is 1.11 bits per heavy atom. The number of rotatable bonds is 5. The van der Waals surface area contributed by atoms with Crippen LogP contribution < -0.4 is 5.43 Å². The molecule has 1 amide bonds. The fourth-order valence-electron chi connectivity index (χ4n) is 1.82. The van der Waals surface area contributed by atoms with E-state index in [1.54, 1.807) is 24.2 Å². The van der Waals surface area contributed by atoms with Crippen molar-refractivity contribution < 1.29 is 9.18 Å². The fraction of sp³-hybridized carbons (Fsp3) is 0.190. The number of nitrogens with one attached hydrogen (secondary N) is 1. The molecule has 0 aliphatic heterocycles. The summed E-state index contributed by atoms with van der Waals surface area (Å²) in [6.07, 6.45) is 3.31. The van der Waals surface area contributed by atoms with Gasteiger partial charge >= 0.3 is 0 Å². The molecule has 0 fully saturated rings. The molecule has 0 aliphatic rings. The largest absolute Gasteiger partial charge is 0.271 e. The molecule has 0 aliphatic carbocycles. The van der Waals surface area contributed by atoms with Crippen molar-refractivity contribution in [1.29, 1.82) is 0 Å². The highest BCUT2D eigenvalue weighted by Crippen LogP contribution is 2.31. The van der Waals surface area contributed by atoms with Crippen molar-refractivity contribution in [3.63, 3.8) is 0 Å². The Labute approximate surface area is 173 Å². The molecule has 3 aromatic rings. The number of carbonyl (C=O) groups is 1. The monoisotopic (exact) mass is 417 g/mol. The number of carbonyl (C=O) groups excluding carboxylic acids is 1. The maximum atomic E-state index is 13.1. The Balaban J connectivity index is 0.000000921. The van der Waals surface area contributed by atoms with E-state index in [2.05, 4.69) is 15.5 Å². The van der Waals surface area contributed by atoms with Gasteiger partial charge in [-0.1, -0.05) is 51.6 Å². The second-order valence-corrected chi connectivity index (χ2v) is 7.07. The van der Waals surface area contributed by atoms with Gasteiger partial charge in [0.2, 0.25) is 0 Å². The number of hydrazone groups is 1. The van der Waals surface area contributed by atoms with Crippen molar-refractivity contribution >= 4 is 35.2 Å². The molecule has 0 saturated carbocycles. The summed E-state index contributed by atoms with van der Waals surface area (Å²) in [5.41, 5.74) is 2.61. The normalized spacial score (nSPS) is 9.75. The van der Waals surface area contributed by atoms with Crippen LogP contribution in [0.3, 0.4) is 0 Å². The van der Waals surface area contributed by atoms with Crippen molar-refractivity contribution in [2.75, 3.05) is 0 Å². The zero-order valence-corrected chi connectivity index (χ0v) is 18.0. The van der Waals surface area contributed by atoms with Gasteiger partial charge in [-0.2, -0.15) is 5.10 Å². The van der Waals surface area contributed by atoms with Gasteiger partial charge in [-0.25, -0.2) is 14.8 Å². The molecule has 3 rings (SSSR count). The van der Waals surface area contributed by atoms with Crippen LogP contribution in [0, 0.1) is 5.82 Å². The lowest BCUT2D eigenvalue weighted by Crippen LogP contribution is -2.17. The van der Waals surface area contributed by atoms with E-state index in [9.17, 15) is 9.18 Å². The van der Waals surface area contributed by atoms with Crippen LogP contribution in [-0.4, -0.2) is 17.1 Å². The quantitative estimate of drug-likeness (QED) is 0.394. The molecule has 0 spiro atoms. The van der Waals surface area contributed by atoms with Gasteiger partial charge in [0.1, 0.15) is 10.8 Å². The summed E-state index contributed by atoms with van der Waals surface area (Å²) in [5.74, 6) is -0.911. The fourth-order valence-corrected chi connectivity index (χ4v) is 3.74. The van der Waals surface area contributed by atoms with Gasteiger partial charge < -0.3 is 0 Å². The van der Waals surface area contributed by atoms with E-state index in [-0.39, 0.29) is 5.56 Å². The van der Waals surface area contributed by atoms with Crippen molar-refractivity contribution in [3.05, 3.63) is 77.1 Å². The first-order valence-corrected chi connectivity index (χ1v) is 10.6. The predicted octanol–water partition coefficient (Wildman–Crippen LogP) is 6.25. The summed E-state index contributed by atoms with van der Waals surface area (Å²) in [7, 11) is 0.